The van der Waals surface area contributed by atoms with Crippen molar-refractivity contribution in [2.24, 2.45) is 5.73 Å². The molecule has 92 valence electrons. The van der Waals surface area contributed by atoms with E-state index in [1.807, 2.05) is 0 Å². The summed E-state index contributed by atoms with van der Waals surface area (Å²) in [5, 5.41) is 8.72. The molecule has 3 N–H and O–H groups in total. The number of carboxylic acids is 1. The molecule has 1 aromatic rings. The molecule has 0 atom stereocenters. The van der Waals surface area contributed by atoms with Gasteiger partial charge in [0.15, 0.2) is 9.84 Å². The second kappa shape index (κ2) is 4.96. The van der Waals surface area contributed by atoms with Gasteiger partial charge in [-0.2, -0.15) is 0 Å². The molecule has 0 aliphatic heterocycles. The summed E-state index contributed by atoms with van der Waals surface area (Å²) in [5.41, 5.74) is 4.74. The zero-order chi connectivity index (χ0) is 13.1. The lowest BCUT2D eigenvalue weighted by Crippen LogP contribution is -2.17. The lowest BCUT2D eigenvalue weighted by Gasteiger charge is -2.03. The average Bonchev–Trinajstić information content (AvgIpc) is 2.27. The molecular weight excluding hydrogens is 246 g/mol. The van der Waals surface area contributed by atoms with Crippen molar-refractivity contribution in [2.75, 3.05) is 5.75 Å². The Morgan fingerprint density at radius 3 is 2.47 bits per heavy atom. The van der Waals surface area contributed by atoms with E-state index < -0.39 is 27.5 Å². The highest BCUT2D eigenvalue weighted by atomic mass is 32.2. The molecule has 0 saturated heterocycles. The van der Waals surface area contributed by atoms with Gasteiger partial charge in [-0.25, -0.2) is 13.2 Å². The van der Waals surface area contributed by atoms with Crippen LogP contribution in [-0.4, -0.2) is 31.2 Å². The number of primary amides is 1. The van der Waals surface area contributed by atoms with Gasteiger partial charge in [0, 0.05) is 6.42 Å². The number of nitrogens with two attached hydrogens (primary N) is 1. The quantitative estimate of drug-likeness (QED) is 0.772. The van der Waals surface area contributed by atoms with E-state index in [0.717, 1.165) is 6.07 Å². The Balaban J connectivity index is 3.03. The molecule has 0 radical (unpaired) electrons. The van der Waals surface area contributed by atoms with Gasteiger partial charge in [0.25, 0.3) is 0 Å². The zero-order valence-corrected chi connectivity index (χ0v) is 9.61. The van der Waals surface area contributed by atoms with Crippen molar-refractivity contribution < 1.29 is 23.1 Å². The van der Waals surface area contributed by atoms with E-state index in [0.29, 0.717) is 0 Å². The van der Waals surface area contributed by atoms with Gasteiger partial charge in [-0.1, -0.05) is 6.07 Å². The van der Waals surface area contributed by atoms with Crippen LogP contribution >= 0.6 is 0 Å². The smallest absolute Gasteiger partial charge is 0.335 e. The van der Waals surface area contributed by atoms with E-state index in [9.17, 15) is 18.0 Å². The Kier molecular flexibility index (Phi) is 3.84. The van der Waals surface area contributed by atoms with Crippen LogP contribution in [0.25, 0.3) is 0 Å². The van der Waals surface area contributed by atoms with Crippen molar-refractivity contribution in [3.63, 3.8) is 0 Å². The first kappa shape index (κ1) is 13.2. The lowest BCUT2D eigenvalue weighted by atomic mass is 10.2. The fourth-order valence-electron chi connectivity index (χ4n) is 1.18. The van der Waals surface area contributed by atoms with Crippen LogP contribution in [0.3, 0.4) is 0 Å². The van der Waals surface area contributed by atoms with Gasteiger partial charge in [-0.15, -0.1) is 0 Å². The van der Waals surface area contributed by atoms with Gasteiger partial charge in [-0.3, -0.25) is 4.79 Å². The van der Waals surface area contributed by atoms with Crippen molar-refractivity contribution in [3.8, 4) is 0 Å². The second-order valence-electron chi connectivity index (χ2n) is 3.37. The molecule has 0 saturated carbocycles. The van der Waals surface area contributed by atoms with Crippen LogP contribution < -0.4 is 5.73 Å². The van der Waals surface area contributed by atoms with Crippen LogP contribution in [0.1, 0.15) is 16.8 Å². The number of benzene rings is 1. The van der Waals surface area contributed by atoms with E-state index >= 15 is 0 Å². The van der Waals surface area contributed by atoms with Crippen LogP contribution in [0.15, 0.2) is 29.2 Å². The molecule has 0 heterocycles. The Bertz CT molecular complexity index is 550. The number of aromatic carboxylic acids is 1. The Hall–Kier alpha value is -1.89. The second-order valence-corrected chi connectivity index (χ2v) is 5.48. The number of hydrogen-bond donors (Lipinski definition) is 2. The standard InChI is InChI=1S/C10H11NO5S/c11-9(12)4-5-17(15,16)8-3-1-2-7(6-8)10(13)14/h1-3,6H,4-5H2,(H2,11,12)(H,13,14). The molecule has 0 unspecified atom stereocenters. The number of carbonyl (C=O) groups is 2. The molecule has 7 heteroatoms. The Labute approximate surface area is 98.0 Å². The summed E-state index contributed by atoms with van der Waals surface area (Å²) in [7, 11) is -3.68. The largest absolute Gasteiger partial charge is 0.478 e. The van der Waals surface area contributed by atoms with E-state index in [2.05, 4.69) is 0 Å². The van der Waals surface area contributed by atoms with Crippen LogP contribution in [-0.2, 0) is 14.6 Å². The third-order valence-electron chi connectivity index (χ3n) is 2.06. The lowest BCUT2D eigenvalue weighted by molar-refractivity contribution is -0.117. The molecule has 6 nitrogen and oxygen atoms in total. The van der Waals surface area contributed by atoms with E-state index in [1.54, 1.807) is 0 Å². The van der Waals surface area contributed by atoms with E-state index in [-0.39, 0.29) is 16.9 Å². The van der Waals surface area contributed by atoms with Crippen LogP contribution in [0.4, 0.5) is 0 Å². The number of hydrogen-bond acceptors (Lipinski definition) is 4. The topological polar surface area (TPSA) is 115 Å². The first-order valence-corrected chi connectivity index (χ1v) is 6.32. The third-order valence-corrected chi connectivity index (χ3v) is 3.77. The molecule has 0 aliphatic rings. The SMILES string of the molecule is NC(=O)CCS(=O)(=O)c1cccc(C(=O)O)c1. The van der Waals surface area contributed by atoms with Crippen LogP contribution in [0.2, 0.25) is 0 Å². The maximum atomic E-state index is 11.7. The van der Waals surface area contributed by atoms with Crippen molar-refractivity contribution in [1.29, 1.82) is 0 Å². The molecule has 1 rings (SSSR count). The summed E-state index contributed by atoms with van der Waals surface area (Å²) in [6, 6.07) is 4.96. The fraction of sp³-hybridized carbons (Fsp3) is 0.200. The summed E-state index contributed by atoms with van der Waals surface area (Å²) in [6.45, 7) is 0. The fourth-order valence-corrected chi connectivity index (χ4v) is 2.47. The molecule has 0 aromatic heterocycles. The zero-order valence-electron chi connectivity index (χ0n) is 8.79. The highest BCUT2D eigenvalue weighted by molar-refractivity contribution is 7.91. The van der Waals surface area contributed by atoms with Gasteiger partial charge in [0.2, 0.25) is 5.91 Å². The van der Waals surface area contributed by atoms with Crippen molar-refractivity contribution in [3.05, 3.63) is 29.8 Å². The minimum absolute atomic E-state index is 0.120. The summed E-state index contributed by atoms with van der Waals surface area (Å²) < 4.78 is 23.4. The maximum Gasteiger partial charge on any atom is 0.335 e. The highest BCUT2D eigenvalue weighted by Crippen LogP contribution is 2.14. The number of carboxylic acid groups (broad SMARTS) is 1. The van der Waals surface area contributed by atoms with Crippen molar-refractivity contribution in [1.82, 2.24) is 0 Å². The summed E-state index contributed by atoms with van der Waals surface area (Å²) in [4.78, 5) is 21.1. The monoisotopic (exact) mass is 257 g/mol. The van der Waals surface area contributed by atoms with E-state index in [1.165, 1.54) is 18.2 Å². The molecule has 0 bridgehead atoms. The number of carbonyl (C=O) groups excluding carboxylic acids is 1. The normalized spacial score (nSPS) is 11.1. The Morgan fingerprint density at radius 1 is 1.29 bits per heavy atom. The van der Waals surface area contributed by atoms with Gasteiger partial charge in [0.05, 0.1) is 16.2 Å². The van der Waals surface area contributed by atoms with Crippen molar-refractivity contribution in [2.45, 2.75) is 11.3 Å². The minimum atomic E-state index is -3.68. The minimum Gasteiger partial charge on any atom is -0.478 e. The Morgan fingerprint density at radius 2 is 1.94 bits per heavy atom. The van der Waals surface area contributed by atoms with E-state index in [4.69, 9.17) is 10.8 Å². The van der Waals surface area contributed by atoms with Crippen molar-refractivity contribution >= 4 is 21.7 Å². The number of sulfone groups is 1. The predicted molar refractivity (Wildman–Crippen MR) is 59.3 cm³/mol. The van der Waals surface area contributed by atoms with Crippen LogP contribution in [0.5, 0.6) is 0 Å². The maximum absolute atomic E-state index is 11.7. The molecule has 0 aliphatic carbocycles. The van der Waals surface area contributed by atoms with Gasteiger partial charge >= 0.3 is 5.97 Å². The number of rotatable bonds is 5. The average molecular weight is 257 g/mol. The predicted octanol–water partition coefficient (Wildman–Crippen LogP) is 0.0339. The molecule has 17 heavy (non-hydrogen) atoms. The van der Waals surface area contributed by atoms with Gasteiger partial charge in [0.1, 0.15) is 0 Å². The molecule has 1 amide bonds. The third kappa shape index (κ3) is 3.56. The number of amides is 1. The molecular formula is C10H11NO5S. The highest BCUT2D eigenvalue weighted by Gasteiger charge is 2.17. The summed E-state index contributed by atoms with van der Waals surface area (Å²) in [5.74, 6) is -2.36. The molecule has 1 aromatic carbocycles. The van der Waals surface area contributed by atoms with Crippen LogP contribution in [0, 0.1) is 0 Å². The van der Waals surface area contributed by atoms with Gasteiger partial charge in [-0.05, 0) is 18.2 Å². The molecule has 0 fully saturated rings. The molecule has 0 spiro atoms. The first-order valence-electron chi connectivity index (χ1n) is 4.67. The first-order chi connectivity index (χ1) is 7.83. The summed E-state index contributed by atoms with van der Waals surface area (Å²) in [6.07, 6.45) is -0.292. The summed E-state index contributed by atoms with van der Waals surface area (Å²) >= 11 is 0. The van der Waals surface area contributed by atoms with Gasteiger partial charge < -0.3 is 10.8 Å².